The van der Waals surface area contributed by atoms with Crippen LogP contribution in [0.5, 0.6) is 0 Å². The highest BCUT2D eigenvalue weighted by Gasteiger charge is 2.19. The highest BCUT2D eigenvalue weighted by molar-refractivity contribution is 7.25. The molecular weight excluding hydrogens is 713 g/mol. The van der Waals surface area contributed by atoms with Gasteiger partial charge in [0.15, 0.2) is 11.6 Å². The molecule has 3 heterocycles. The molecule has 0 N–H and O–H groups in total. The van der Waals surface area contributed by atoms with Crippen LogP contribution < -0.4 is 0 Å². The summed E-state index contributed by atoms with van der Waals surface area (Å²) >= 11 is 1.71. The molecule has 0 atom stereocenters. The molecule has 0 saturated heterocycles. The lowest BCUT2D eigenvalue weighted by atomic mass is 9.94. The van der Waals surface area contributed by atoms with Gasteiger partial charge >= 0.3 is 0 Å². The van der Waals surface area contributed by atoms with E-state index in [0.717, 1.165) is 66.2 Å². The Balaban J connectivity index is 1.17. The molecule has 0 radical (unpaired) electrons. The second-order valence-electron chi connectivity index (χ2n) is 14.3. The van der Waals surface area contributed by atoms with Gasteiger partial charge in [0.05, 0.1) is 17.1 Å². The molecule has 0 bridgehead atoms. The van der Waals surface area contributed by atoms with Crippen molar-refractivity contribution in [2.24, 2.45) is 0 Å². The van der Waals surface area contributed by atoms with E-state index in [1.165, 1.54) is 31.6 Å². The number of rotatable bonds is 6. The maximum Gasteiger partial charge on any atom is 0.161 e. The van der Waals surface area contributed by atoms with Crippen LogP contribution in [0.4, 0.5) is 0 Å². The fourth-order valence-electron chi connectivity index (χ4n) is 7.89. The molecule has 0 amide bonds. The van der Waals surface area contributed by atoms with Gasteiger partial charge in [0.1, 0.15) is 4.83 Å². The standard InChI is InChI=1S/C52H32N4S/c1-4-15-34(16-5-1)45-32-46(54-50(53-45)36-19-8-3-9-20-36)40-29-39(37-26-27-43-38(28-37)25-24-33-14-10-11-21-42(33)43)30-41(31-40)51-55-49(35-17-6-2-7-18-35)48-44-22-12-13-23-47(44)57-52(48)56-51/h1-32H. The molecule has 11 aromatic rings. The summed E-state index contributed by atoms with van der Waals surface area (Å²) in [6.07, 6.45) is 0. The van der Waals surface area contributed by atoms with E-state index in [2.05, 4.69) is 152 Å². The Morgan fingerprint density at radius 2 is 0.895 bits per heavy atom. The number of aromatic nitrogens is 4. The third-order valence-electron chi connectivity index (χ3n) is 10.7. The van der Waals surface area contributed by atoms with E-state index >= 15 is 0 Å². The number of benzene rings is 8. The van der Waals surface area contributed by atoms with Crippen molar-refractivity contribution in [3.63, 3.8) is 0 Å². The van der Waals surface area contributed by atoms with Crippen LogP contribution in [-0.2, 0) is 0 Å². The molecule has 266 valence electrons. The summed E-state index contributed by atoms with van der Waals surface area (Å²) < 4.78 is 1.19. The summed E-state index contributed by atoms with van der Waals surface area (Å²) in [5, 5.41) is 7.15. The molecule has 4 nitrogen and oxygen atoms in total. The smallest absolute Gasteiger partial charge is 0.161 e. The van der Waals surface area contributed by atoms with Gasteiger partial charge in [-0.1, -0.05) is 158 Å². The molecule has 0 aliphatic rings. The fourth-order valence-corrected chi connectivity index (χ4v) is 8.97. The van der Waals surface area contributed by atoms with Crippen LogP contribution in [0.1, 0.15) is 0 Å². The Morgan fingerprint density at radius 1 is 0.316 bits per heavy atom. The maximum atomic E-state index is 5.41. The summed E-state index contributed by atoms with van der Waals surface area (Å²) in [6.45, 7) is 0. The molecule has 8 aromatic carbocycles. The van der Waals surface area contributed by atoms with Gasteiger partial charge in [0, 0.05) is 43.3 Å². The maximum absolute atomic E-state index is 5.41. The number of hydrogen-bond acceptors (Lipinski definition) is 5. The van der Waals surface area contributed by atoms with E-state index < -0.39 is 0 Å². The zero-order valence-electron chi connectivity index (χ0n) is 30.7. The van der Waals surface area contributed by atoms with Crippen molar-refractivity contribution in [3.05, 3.63) is 194 Å². The molecular formula is C52H32N4S. The minimum atomic E-state index is 0.670. The third kappa shape index (κ3) is 6.02. The van der Waals surface area contributed by atoms with Gasteiger partial charge in [-0.05, 0) is 69.1 Å². The first-order valence-corrected chi connectivity index (χ1v) is 19.9. The van der Waals surface area contributed by atoms with Crippen molar-refractivity contribution in [2.75, 3.05) is 0 Å². The third-order valence-corrected chi connectivity index (χ3v) is 11.7. The molecule has 0 unspecified atom stereocenters. The van der Waals surface area contributed by atoms with E-state index in [9.17, 15) is 0 Å². The average Bonchev–Trinajstić information content (AvgIpc) is 3.68. The Bertz CT molecular complexity index is 3230. The SMILES string of the molecule is c1ccc(-c2cc(-c3cc(-c4ccc5c(ccc6ccccc65)c4)cc(-c4nc(-c5ccccc5)c5c(n4)sc4ccccc45)c3)nc(-c3ccccc3)n2)cc1. The molecule has 0 aliphatic heterocycles. The van der Waals surface area contributed by atoms with Crippen molar-refractivity contribution < 1.29 is 0 Å². The first-order valence-electron chi connectivity index (χ1n) is 19.0. The highest BCUT2D eigenvalue weighted by Crippen LogP contribution is 2.41. The van der Waals surface area contributed by atoms with Gasteiger partial charge in [-0.25, -0.2) is 19.9 Å². The summed E-state index contributed by atoms with van der Waals surface area (Å²) in [5.74, 6) is 1.34. The molecule has 0 aliphatic carbocycles. The normalized spacial score (nSPS) is 11.5. The van der Waals surface area contributed by atoms with Crippen LogP contribution in [0.25, 0.3) is 110 Å². The first-order chi connectivity index (χ1) is 28.2. The van der Waals surface area contributed by atoms with Crippen LogP contribution in [0.3, 0.4) is 0 Å². The highest BCUT2D eigenvalue weighted by atomic mass is 32.1. The minimum Gasteiger partial charge on any atom is -0.228 e. The zero-order chi connectivity index (χ0) is 37.7. The molecule has 5 heteroatoms. The minimum absolute atomic E-state index is 0.670. The quantitative estimate of drug-likeness (QED) is 0.159. The Labute approximate surface area is 333 Å². The summed E-state index contributed by atoms with van der Waals surface area (Å²) in [7, 11) is 0. The Kier molecular flexibility index (Phi) is 7.97. The number of nitrogens with zero attached hydrogens (tertiary/aromatic N) is 4. The summed E-state index contributed by atoms with van der Waals surface area (Å²) in [5.41, 5.74) is 9.69. The van der Waals surface area contributed by atoms with Crippen LogP contribution >= 0.6 is 11.3 Å². The van der Waals surface area contributed by atoms with Gasteiger partial charge in [-0.3, -0.25) is 0 Å². The summed E-state index contributed by atoms with van der Waals surface area (Å²) in [4.78, 5) is 22.0. The van der Waals surface area contributed by atoms with E-state index in [4.69, 9.17) is 19.9 Å². The zero-order valence-corrected chi connectivity index (χ0v) is 31.5. The van der Waals surface area contributed by atoms with Crippen molar-refractivity contribution in [1.29, 1.82) is 0 Å². The van der Waals surface area contributed by atoms with Gasteiger partial charge in [-0.2, -0.15) is 0 Å². The monoisotopic (exact) mass is 744 g/mol. The van der Waals surface area contributed by atoms with E-state index in [-0.39, 0.29) is 0 Å². The van der Waals surface area contributed by atoms with Crippen molar-refractivity contribution >= 4 is 53.2 Å². The Morgan fingerprint density at radius 3 is 1.68 bits per heavy atom. The summed E-state index contributed by atoms with van der Waals surface area (Å²) in [6, 6.07) is 68.0. The van der Waals surface area contributed by atoms with Crippen LogP contribution in [0.2, 0.25) is 0 Å². The number of thiophene rings is 1. The molecule has 57 heavy (non-hydrogen) atoms. The van der Waals surface area contributed by atoms with E-state index in [0.29, 0.717) is 11.6 Å². The molecule has 0 spiro atoms. The second-order valence-corrected chi connectivity index (χ2v) is 15.3. The van der Waals surface area contributed by atoms with Gasteiger partial charge in [0.25, 0.3) is 0 Å². The van der Waals surface area contributed by atoms with Gasteiger partial charge in [0.2, 0.25) is 0 Å². The lowest BCUT2D eigenvalue weighted by molar-refractivity contribution is 1.18. The number of fused-ring (bicyclic) bond motifs is 6. The molecule has 11 rings (SSSR count). The lowest BCUT2D eigenvalue weighted by Gasteiger charge is -2.14. The number of hydrogen-bond donors (Lipinski definition) is 0. The second kappa shape index (κ2) is 13.7. The van der Waals surface area contributed by atoms with Crippen LogP contribution in [0.15, 0.2) is 194 Å². The van der Waals surface area contributed by atoms with Crippen LogP contribution in [0, 0.1) is 0 Å². The van der Waals surface area contributed by atoms with E-state index in [1.54, 1.807) is 11.3 Å². The Hall–Kier alpha value is -7.34. The topological polar surface area (TPSA) is 51.6 Å². The average molecular weight is 745 g/mol. The van der Waals surface area contributed by atoms with Crippen molar-refractivity contribution in [3.8, 4) is 67.7 Å². The molecule has 0 fully saturated rings. The molecule has 0 saturated carbocycles. The van der Waals surface area contributed by atoms with Crippen molar-refractivity contribution in [1.82, 2.24) is 19.9 Å². The van der Waals surface area contributed by atoms with Crippen molar-refractivity contribution in [2.45, 2.75) is 0 Å². The fraction of sp³-hybridized carbons (Fsp3) is 0. The predicted molar refractivity (Wildman–Crippen MR) is 238 cm³/mol. The van der Waals surface area contributed by atoms with Crippen LogP contribution in [-0.4, -0.2) is 19.9 Å². The van der Waals surface area contributed by atoms with Gasteiger partial charge in [-0.15, -0.1) is 11.3 Å². The largest absolute Gasteiger partial charge is 0.228 e. The van der Waals surface area contributed by atoms with Gasteiger partial charge < -0.3 is 0 Å². The van der Waals surface area contributed by atoms with E-state index in [1.807, 2.05) is 42.5 Å². The predicted octanol–water partition coefficient (Wildman–Crippen LogP) is 13.9. The lowest BCUT2D eigenvalue weighted by Crippen LogP contribution is -1.98. The first kappa shape index (κ1) is 33.0. The molecule has 3 aromatic heterocycles.